The highest BCUT2D eigenvalue weighted by atomic mass is 15.0. The van der Waals surface area contributed by atoms with E-state index in [0.717, 1.165) is 22.7 Å². The molecule has 0 spiro atoms. The molecule has 118 valence electrons. The molecule has 21 heavy (non-hydrogen) atoms. The first-order valence-corrected chi connectivity index (χ1v) is 10.4. The van der Waals surface area contributed by atoms with Crippen LogP contribution in [0.15, 0.2) is 0 Å². The van der Waals surface area contributed by atoms with Crippen LogP contribution >= 0.6 is 0 Å². The van der Waals surface area contributed by atoms with E-state index in [2.05, 4.69) is 0 Å². The van der Waals surface area contributed by atoms with Gasteiger partial charge in [0.1, 0.15) is 0 Å². The minimum absolute atomic E-state index is 0.919. The van der Waals surface area contributed by atoms with Gasteiger partial charge in [-0.15, -0.1) is 0 Å². The van der Waals surface area contributed by atoms with Crippen LogP contribution in [-0.4, -0.2) is 0 Å². The molecule has 0 aromatic carbocycles. The van der Waals surface area contributed by atoms with Gasteiger partial charge in [0.15, 0.2) is 0 Å². The van der Waals surface area contributed by atoms with Gasteiger partial charge in [-0.3, -0.25) is 0 Å². The van der Waals surface area contributed by atoms with Crippen LogP contribution in [0.1, 0.15) is 96.3 Å². The van der Waals surface area contributed by atoms with Crippen molar-refractivity contribution < 1.29 is 0 Å². The van der Waals surface area contributed by atoms with Crippen LogP contribution in [0.3, 0.4) is 0 Å². The van der Waals surface area contributed by atoms with E-state index in [1.807, 2.05) is 0 Å². The van der Waals surface area contributed by atoms with E-state index >= 15 is 0 Å². The largest absolute Gasteiger partial charge is 0.0533 e. The molecule has 0 amide bonds. The molecule has 0 heteroatoms. The fourth-order valence-corrected chi connectivity index (χ4v) is 7.66. The Morgan fingerprint density at radius 3 is 1.95 bits per heavy atom. The zero-order valence-corrected chi connectivity index (χ0v) is 13.9. The molecule has 0 bridgehead atoms. The standard InChI is InChI=1S/C21H34/c1-3-10-17(11-4-1)19-20(14-16-8-7-9-16)15-21(19,20)18-12-5-2-6-13-18/h16-19H,1-15H2/t19?,20-,21?/m0/s1. The van der Waals surface area contributed by atoms with Crippen LogP contribution in [0, 0.1) is 34.5 Å². The molecule has 5 aliphatic carbocycles. The molecule has 0 aromatic heterocycles. The summed E-state index contributed by atoms with van der Waals surface area (Å²) >= 11 is 0. The fraction of sp³-hybridized carbons (Fsp3) is 1.00. The number of hydrogen-bond donors (Lipinski definition) is 0. The van der Waals surface area contributed by atoms with E-state index < -0.39 is 0 Å². The normalized spacial score (nSPS) is 47.7. The first kappa shape index (κ1) is 13.4. The zero-order valence-electron chi connectivity index (χ0n) is 13.9. The van der Waals surface area contributed by atoms with Gasteiger partial charge in [0, 0.05) is 0 Å². The SMILES string of the molecule is C1CCC(C2C3(C4CCCCC4)C[C@@]23CC2CCC2)CC1. The third kappa shape index (κ3) is 1.80. The molecule has 0 nitrogen and oxygen atoms in total. The van der Waals surface area contributed by atoms with Gasteiger partial charge < -0.3 is 0 Å². The maximum atomic E-state index is 1.68. The summed E-state index contributed by atoms with van der Waals surface area (Å²) in [5, 5.41) is 0. The molecule has 0 aromatic rings. The van der Waals surface area contributed by atoms with Crippen molar-refractivity contribution in [3.63, 3.8) is 0 Å². The van der Waals surface area contributed by atoms with Crippen molar-refractivity contribution in [1.29, 1.82) is 0 Å². The Kier molecular flexibility index (Phi) is 3.04. The zero-order chi connectivity index (χ0) is 13.9. The van der Waals surface area contributed by atoms with Crippen LogP contribution in [0.25, 0.3) is 0 Å². The lowest BCUT2D eigenvalue weighted by Gasteiger charge is -2.33. The Morgan fingerprint density at radius 2 is 1.33 bits per heavy atom. The Hall–Kier alpha value is 0. The maximum Gasteiger partial charge on any atom is -0.0167 e. The van der Waals surface area contributed by atoms with E-state index in [4.69, 9.17) is 0 Å². The molecule has 3 atom stereocenters. The summed E-state index contributed by atoms with van der Waals surface area (Å²) in [5.74, 6) is 4.70. The lowest BCUT2D eigenvalue weighted by molar-refractivity contribution is 0.170. The quantitative estimate of drug-likeness (QED) is 0.565. The molecule has 0 heterocycles. The molecule has 0 saturated heterocycles. The van der Waals surface area contributed by atoms with E-state index in [1.54, 1.807) is 83.5 Å². The Bertz CT molecular complexity index is 396. The highest BCUT2D eigenvalue weighted by Crippen LogP contribution is 2.97. The molecule has 5 rings (SSSR count). The second-order valence-electron chi connectivity index (χ2n) is 9.59. The van der Waals surface area contributed by atoms with Crippen molar-refractivity contribution in [2.75, 3.05) is 0 Å². The van der Waals surface area contributed by atoms with Crippen LogP contribution in [-0.2, 0) is 0 Å². The van der Waals surface area contributed by atoms with E-state index in [9.17, 15) is 0 Å². The first-order chi connectivity index (χ1) is 10.4. The van der Waals surface area contributed by atoms with E-state index in [0.29, 0.717) is 0 Å². The summed E-state index contributed by atoms with van der Waals surface area (Å²) in [7, 11) is 0. The van der Waals surface area contributed by atoms with Crippen molar-refractivity contribution >= 4 is 0 Å². The highest BCUT2D eigenvalue weighted by molar-refractivity contribution is 5.39. The average molecular weight is 287 g/mol. The molecule has 5 fully saturated rings. The van der Waals surface area contributed by atoms with E-state index in [-0.39, 0.29) is 0 Å². The van der Waals surface area contributed by atoms with Gasteiger partial charge in [-0.2, -0.15) is 0 Å². The predicted octanol–water partition coefficient (Wildman–Crippen LogP) is 6.34. The molecular weight excluding hydrogens is 252 g/mol. The Morgan fingerprint density at radius 1 is 0.667 bits per heavy atom. The van der Waals surface area contributed by atoms with Gasteiger partial charge >= 0.3 is 0 Å². The number of hydrogen-bond acceptors (Lipinski definition) is 0. The lowest BCUT2D eigenvalue weighted by atomic mass is 9.72. The smallest absolute Gasteiger partial charge is 0.0167 e. The Balaban J connectivity index is 1.35. The summed E-state index contributed by atoms with van der Waals surface area (Å²) in [6, 6.07) is 0. The number of rotatable bonds is 4. The number of fused-ring (bicyclic) bond motifs is 1. The van der Waals surface area contributed by atoms with Crippen molar-refractivity contribution in [3.05, 3.63) is 0 Å². The summed E-state index contributed by atoms with van der Waals surface area (Å²) in [6.45, 7) is 0. The van der Waals surface area contributed by atoms with Crippen LogP contribution < -0.4 is 0 Å². The van der Waals surface area contributed by atoms with Gasteiger partial charge in [-0.25, -0.2) is 0 Å². The van der Waals surface area contributed by atoms with Crippen molar-refractivity contribution in [3.8, 4) is 0 Å². The third-order valence-corrected chi connectivity index (χ3v) is 8.81. The van der Waals surface area contributed by atoms with Gasteiger partial charge in [0.05, 0.1) is 0 Å². The second kappa shape index (κ2) is 4.75. The highest BCUT2D eigenvalue weighted by Gasteiger charge is 2.91. The van der Waals surface area contributed by atoms with E-state index in [1.165, 1.54) is 24.7 Å². The lowest BCUT2D eigenvalue weighted by Crippen LogP contribution is -2.23. The predicted molar refractivity (Wildman–Crippen MR) is 88.1 cm³/mol. The summed E-state index contributed by atoms with van der Waals surface area (Å²) in [6.07, 6.45) is 23.8. The topological polar surface area (TPSA) is 0 Å². The van der Waals surface area contributed by atoms with Gasteiger partial charge in [0.2, 0.25) is 0 Å². The monoisotopic (exact) mass is 286 g/mol. The summed E-state index contributed by atoms with van der Waals surface area (Å²) < 4.78 is 0. The minimum Gasteiger partial charge on any atom is -0.0533 e. The van der Waals surface area contributed by atoms with Crippen molar-refractivity contribution in [1.82, 2.24) is 0 Å². The first-order valence-electron chi connectivity index (χ1n) is 10.4. The molecule has 5 saturated carbocycles. The van der Waals surface area contributed by atoms with Crippen LogP contribution in [0.4, 0.5) is 0 Å². The van der Waals surface area contributed by atoms with Crippen molar-refractivity contribution in [2.45, 2.75) is 96.3 Å². The molecule has 5 aliphatic rings. The second-order valence-corrected chi connectivity index (χ2v) is 9.59. The van der Waals surface area contributed by atoms with Gasteiger partial charge in [-0.1, -0.05) is 70.6 Å². The van der Waals surface area contributed by atoms with Gasteiger partial charge in [0.25, 0.3) is 0 Å². The van der Waals surface area contributed by atoms with Crippen molar-refractivity contribution in [2.24, 2.45) is 34.5 Å². The minimum atomic E-state index is 0.919. The Labute approximate surface area is 131 Å². The molecular formula is C21H34. The average Bonchev–Trinajstić information content (AvgIpc) is 3.31. The van der Waals surface area contributed by atoms with Crippen LogP contribution in [0.5, 0.6) is 0 Å². The molecule has 0 aliphatic heterocycles. The van der Waals surface area contributed by atoms with Gasteiger partial charge in [-0.05, 0) is 60.2 Å². The third-order valence-electron chi connectivity index (χ3n) is 8.81. The molecule has 0 radical (unpaired) electrons. The molecule has 0 N–H and O–H groups in total. The van der Waals surface area contributed by atoms with Crippen LogP contribution in [0.2, 0.25) is 0 Å². The summed E-state index contributed by atoms with van der Waals surface area (Å²) in [5.41, 5.74) is 1.84. The summed E-state index contributed by atoms with van der Waals surface area (Å²) in [4.78, 5) is 0. The maximum absolute atomic E-state index is 1.68. The molecule has 2 unspecified atom stereocenters. The fourth-order valence-electron chi connectivity index (χ4n) is 7.66.